The Morgan fingerprint density at radius 3 is 2.67 bits per heavy atom. The van der Waals surface area contributed by atoms with Gasteiger partial charge in [0, 0.05) is 12.2 Å². The summed E-state index contributed by atoms with van der Waals surface area (Å²) < 4.78 is 0. The average molecular weight is 386 g/mol. The molecule has 1 aliphatic heterocycles. The van der Waals surface area contributed by atoms with Gasteiger partial charge in [-0.1, -0.05) is 18.2 Å². The third kappa shape index (κ3) is 5.15. The molecule has 27 heavy (non-hydrogen) atoms. The van der Waals surface area contributed by atoms with Gasteiger partial charge >= 0.3 is 0 Å². The Hall–Kier alpha value is -2.71. The smallest absolute Gasteiger partial charge is 0.251 e. The van der Waals surface area contributed by atoms with Crippen molar-refractivity contribution in [2.24, 2.45) is 11.7 Å². The highest BCUT2D eigenvalue weighted by atomic mass is 32.1. The van der Waals surface area contributed by atoms with Gasteiger partial charge in [0.05, 0.1) is 18.0 Å². The number of para-hydroxylation sites is 1. The van der Waals surface area contributed by atoms with Crippen molar-refractivity contribution in [2.75, 3.05) is 30.3 Å². The topological polar surface area (TPSA) is 105 Å². The number of piperidine rings is 1. The molecule has 1 unspecified atom stereocenters. The highest BCUT2D eigenvalue weighted by Crippen LogP contribution is 2.23. The summed E-state index contributed by atoms with van der Waals surface area (Å²) in [5, 5.41) is 7.84. The van der Waals surface area contributed by atoms with E-state index < -0.39 is 5.91 Å². The summed E-state index contributed by atoms with van der Waals surface area (Å²) in [6.45, 7) is 1.46. The zero-order chi connectivity index (χ0) is 19.2. The highest BCUT2D eigenvalue weighted by molar-refractivity contribution is 7.14. The second-order valence-electron chi connectivity index (χ2n) is 6.51. The maximum absolute atomic E-state index is 12.5. The summed E-state index contributed by atoms with van der Waals surface area (Å²) in [7, 11) is 0. The SMILES string of the molecule is NC(=O)c1ccsc1NC(=O)CN1CCCC(C(=O)Nc2ccccc2)C1. The summed E-state index contributed by atoms with van der Waals surface area (Å²) in [6, 6.07) is 10.9. The molecule has 0 bridgehead atoms. The van der Waals surface area contributed by atoms with E-state index in [1.54, 1.807) is 11.4 Å². The first-order chi connectivity index (χ1) is 13.0. The van der Waals surface area contributed by atoms with Gasteiger partial charge in [0.2, 0.25) is 11.8 Å². The average Bonchev–Trinajstić information content (AvgIpc) is 3.11. The van der Waals surface area contributed by atoms with E-state index in [1.807, 2.05) is 35.2 Å². The number of nitrogens with zero attached hydrogens (tertiary/aromatic N) is 1. The minimum Gasteiger partial charge on any atom is -0.366 e. The third-order valence-electron chi connectivity index (χ3n) is 4.47. The van der Waals surface area contributed by atoms with Crippen LogP contribution in [0.1, 0.15) is 23.2 Å². The number of benzene rings is 1. The van der Waals surface area contributed by atoms with Crippen LogP contribution in [-0.4, -0.2) is 42.3 Å². The molecule has 7 nitrogen and oxygen atoms in total. The standard InChI is InChI=1S/C19H22N4O3S/c20-17(25)15-8-10-27-19(15)22-16(24)12-23-9-4-5-13(11-23)18(26)21-14-6-2-1-3-7-14/h1-3,6-8,10,13H,4-5,9,11-12H2,(H2,20,25)(H,21,26)(H,22,24). The minimum absolute atomic E-state index is 0.0272. The molecule has 3 amide bonds. The fraction of sp³-hybridized carbons (Fsp3) is 0.316. The van der Waals surface area contributed by atoms with Gasteiger partial charge < -0.3 is 16.4 Å². The van der Waals surface area contributed by atoms with Crippen LogP contribution in [0.5, 0.6) is 0 Å². The second-order valence-corrected chi connectivity index (χ2v) is 7.42. The Kier molecular flexibility index (Phi) is 6.20. The molecule has 3 rings (SSSR count). The number of anilines is 2. The van der Waals surface area contributed by atoms with Gasteiger partial charge in [-0.2, -0.15) is 0 Å². The number of likely N-dealkylation sites (tertiary alicyclic amines) is 1. The molecule has 1 saturated heterocycles. The first-order valence-corrected chi connectivity index (χ1v) is 9.66. The Labute approximate surface area is 161 Å². The number of thiophene rings is 1. The molecule has 0 saturated carbocycles. The molecule has 1 aliphatic rings. The lowest BCUT2D eigenvalue weighted by Crippen LogP contribution is -2.44. The number of hydrogen-bond donors (Lipinski definition) is 3. The molecular weight excluding hydrogens is 364 g/mol. The fourth-order valence-corrected chi connectivity index (χ4v) is 3.96. The van der Waals surface area contributed by atoms with E-state index in [9.17, 15) is 14.4 Å². The number of amides is 3. The van der Waals surface area contributed by atoms with E-state index in [2.05, 4.69) is 10.6 Å². The molecule has 142 valence electrons. The number of carbonyl (C=O) groups excluding carboxylic acids is 3. The normalized spacial score (nSPS) is 17.3. The maximum Gasteiger partial charge on any atom is 0.251 e. The Morgan fingerprint density at radius 1 is 1.15 bits per heavy atom. The Morgan fingerprint density at radius 2 is 1.93 bits per heavy atom. The maximum atomic E-state index is 12.5. The highest BCUT2D eigenvalue weighted by Gasteiger charge is 2.27. The van der Waals surface area contributed by atoms with E-state index in [1.165, 1.54) is 11.3 Å². The van der Waals surface area contributed by atoms with Crippen molar-refractivity contribution in [3.8, 4) is 0 Å². The summed E-state index contributed by atoms with van der Waals surface area (Å²) in [6.07, 6.45) is 1.65. The number of nitrogens with two attached hydrogens (primary N) is 1. The van der Waals surface area contributed by atoms with Crippen molar-refractivity contribution in [1.29, 1.82) is 0 Å². The first kappa shape index (κ1) is 19.1. The van der Waals surface area contributed by atoms with Crippen LogP contribution in [0.2, 0.25) is 0 Å². The number of primary amides is 1. The Bertz CT molecular complexity index is 821. The summed E-state index contributed by atoms with van der Waals surface area (Å²) in [5.41, 5.74) is 6.38. The van der Waals surface area contributed by atoms with Gasteiger partial charge in [-0.15, -0.1) is 11.3 Å². The molecule has 4 N–H and O–H groups in total. The lowest BCUT2D eigenvalue weighted by molar-refractivity contribution is -0.123. The molecule has 8 heteroatoms. The predicted molar refractivity (Wildman–Crippen MR) is 106 cm³/mol. The molecule has 0 aliphatic carbocycles. The van der Waals surface area contributed by atoms with Crippen LogP contribution in [0.3, 0.4) is 0 Å². The number of nitrogens with one attached hydrogen (secondary N) is 2. The van der Waals surface area contributed by atoms with Crippen molar-refractivity contribution < 1.29 is 14.4 Å². The van der Waals surface area contributed by atoms with E-state index in [0.717, 1.165) is 25.1 Å². The van der Waals surface area contributed by atoms with Crippen molar-refractivity contribution >= 4 is 39.7 Å². The van der Waals surface area contributed by atoms with Gasteiger partial charge in [-0.3, -0.25) is 19.3 Å². The minimum atomic E-state index is -0.567. The summed E-state index contributed by atoms with van der Waals surface area (Å²) in [5.74, 6) is -0.971. The van der Waals surface area contributed by atoms with Gasteiger partial charge in [0.15, 0.2) is 0 Å². The van der Waals surface area contributed by atoms with Crippen LogP contribution >= 0.6 is 11.3 Å². The van der Waals surface area contributed by atoms with Gasteiger partial charge in [-0.25, -0.2) is 0 Å². The lowest BCUT2D eigenvalue weighted by Gasteiger charge is -2.31. The Balaban J connectivity index is 1.53. The molecule has 1 aromatic carbocycles. The van der Waals surface area contributed by atoms with Gasteiger partial charge in [0.1, 0.15) is 5.00 Å². The van der Waals surface area contributed by atoms with Crippen LogP contribution in [0, 0.1) is 5.92 Å². The third-order valence-corrected chi connectivity index (χ3v) is 5.30. The predicted octanol–water partition coefficient (Wildman–Crippen LogP) is 2.14. The van der Waals surface area contributed by atoms with Crippen LogP contribution in [0.4, 0.5) is 10.7 Å². The molecule has 0 radical (unpaired) electrons. The first-order valence-electron chi connectivity index (χ1n) is 8.78. The monoisotopic (exact) mass is 386 g/mol. The van der Waals surface area contributed by atoms with Crippen LogP contribution in [0.25, 0.3) is 0 Å². The molecular formula is C19H22N4O3S. The van der Waals surface area contributed by atoms with Gasteiger partial charge in [-0.05, 0) is 43.0 Å². The molecule has 1 atom stereocenters. The number of hydrogen-bond acceptors (Lipinski definition) is 5. The van der Waals surface area contributed by atoms with Crippen LogP contribution in [0.15, 0.2) is 41.8 Å². The van der Waals surface area contributed by atoms with E-state index >= 15 is 0 Å². The molecule has 1 aromatic heterocycles. The quantitative estimate of drug-likeness (QED) is 0.707. The van der Waals surface area contributed by atoms with Crippen molar-refractivity contribution in [1.82, 2.24) is 4.90 Å². The molecule has 0 spiro atoms. The zero-order valence-electron chi connectivity index (χ0n) is 14.8. The lowest BCUT2D eigenvalue weighted by atomic mass is 9.97. The van der Waals surface area contributed by atoms with E-state index in [-0.39, 0.29) is 24.3 Å². The molecule has 2 aromatic rings. The second kappa shape index (κ2) is 8.79. The number of carbonyl (C=O) groups is 3. The fourth-order valence-electron chi connectivity index (χ4n) is 3.15. The van der Waals surface area contributed by atoms with Crippen molar-refractivity contribution in [3.05, 3.63) is 47.3 Å². The van der Waals surface area contributed by atoms with Crippen molar-refractivity contribution in [3.63, 3.8) is 0 Å². The molecule has 2 heterocycles. The van der Waals surface area contributed by atoms with Crippen molar-refractivity contribution in [2.45, 2.75) is 12.8 Å². The van der Waals surface area contributed by atoms with Crippen LogP contribution < -0.4 is 16.4 Å². The van der Waals surface area contributed by atoms with E-state index in [4.69, 9.17) is 5.73 Å². The van der Waals surface area contributed by atoms with E-state index in [0.29, 0.717) is 17.1 Å². The number of rotatable bonds is 6. The van der Waals surface area contributed by atoms with Crippen LogP contribution in [-0.2, 0) is 9.59 Å². The molecule has 1 fully saturated rings. The zero-order valence-corrected chi connectivity index (χ0v) is 15.6. The van der Waals surface area contributed by atoms with Gasteiger partial charge in [0.25, 0.3) is 5.91 Å². The largest absolute Gasteiger partial charge is 0.366 e. The summed E-state index contributed by atoms with van der Waals surface area (Å²) >= 11 is 1.26. The summed E-state index contributed by atoms with van der Waals surface area (Å²) in [4.78, 5) is 38.1.